The number of nitrogens with one attached hydrogen (secondary N) is 1. The maximum absolute atomic E-state index is 12.2. The van der Waals surface area contributed by atoms with Crippen LogP contribution in [0.3, 0.4) is 0 Å². The van der Waals surface area contributed by atoms with Gasteiger partial charge in [-0.2, -0.15) is 0 Å². The van der Waals surface area contributed by atoms with Crippen LogP contribution in [-0.2, 0) is 9.59 Å². The lowest BCUT2D eigenvalue weighted by atomic mass is 9.95. The van der Waals surface area contributed by atoms with E-state index in [-0.39, 0.29) is 36.3 Å². The maximum atomic E-state index is 12.2. The summed E-state index contributed by atoms with van der Waals surface area (Å²) in [6.07, 6.45) is 6.94. The van der Waals surface area contributed by atoms with E-state index in [2.05, 4.69) is 5.32 Å². The minimum Gasteiger partial charge on any atom is -0.501 e. The molecule has 118 valence electrons. The molecule has 0 aliphatic carbocycles. The monoisotopic (exact) mass is 313 g/mol. The Bertz CT molecular complexity index is 429. The second-order valence-corrected chi connectivity index (χ2v) is 5.09. The number of amides is 1. The van der Waals surface area contributed by atoms with Gasteiger partial charge in [0, 0.05) is 20.1 Å². The normalized spacial score (nSPS) is 13.2. The molecule has 1 amide bonds. The zero-order valence-electron chi connectivity index (χ0n) is 12.5. The summed E-state index contributed by atoms with van der Waals surface area (Å²) in [6, 6.07) is 0. The lowest BCUT2D eigenvalue weighted by Crippen LogP contribution is -2.29. The second-order valence-electron chi connectivity index (χ2n) is 4.67. The van der Waals surface area contributed by atoms with Gasteiger partial charge in [-0.15, -0.1) is 0 Å². The summed E-state index contributed by atoms with van der Waals surface area (Å²) in [4.78, 5) is 23.0. The summed E-state index contributed by atoms with van der Waals surface area (Å²) in [5, 5.41) is 20.3. The fourth-order valence-electron chi connectivity index (χ4n) is 1.63. The van der Waals surface area contributed by atoms with Crippen LogP contribution < -0.4 is 5.32 Å². The van der Waals surface area contributed by atoms with E-state index in [1.807, 2.05) is 6.08 Å². The smallest absolute Gasteiger partial charge is 0.216 e. The number of allylic oxidation sites excluding steroid dienone is 4. The first-order valence-electron chi connectivity index (χ1n) is 6.85. The Balaban J connectivity index is 4.57. The van der Waals surface area contributed by atoms with Crippen molar-refractivity contribution in [2.45, 2.75) is 33.1 Å². The van der Waals surface area contributed by atoms with Crippen molar-refractivity contribution in [1.82, 2.24) is 5.32 Å². The molecule has 0 aromatic carbocycles. The van der Waals surface area contributed by atoms with Gasteiger partial charge in [0.15, 0.2) is 10.8 Å². The van der Waals surface area contributed by atoms with Crippen molar-refractivity contribution in [2.75, 3.05) is 13.2 Å². The van der Waals surface area contributed by atoms with Crippen LogP contribution in [0.15, 0.2) is 23.8 Å². The molecule has 1 atom stereocenters. The average molecular weight is 313 g/mol. The molecule has 3 N–H and O–H groups in total. The summed E-state index contributed by atoms with van der Waals surface area (Å²) in [5.41, 5.74) is 0.486. The second kappa shape index (κ2) is 11.2. The molecule has 0 aliphatic heterocycles. The van der Waals surface area contributed by atoms with Crippen molar-refractivity contribution in [3.05, 3.63) is 23.8 Å². The zero-order valence-corrected chi connectivity index (χ0v) is 13.3. The van der Waals surface area contributed by atoms with Gasteiger partial charge < -0.3 is 15.5 Å². The molecule has 6 heteroatoms. The van der Waals surface area contributed by atoms with Crippen LogP contribution in [0.2, 0.25) is 0 Å². The summed E-state index contributed by atoms with van der Waals surface area (Å²) in [7, 11) is 0. The lowest BCUT2D eigenvalue weighted by Gasteiger charge is -2.13. The number of hydrogen-bond acceptors (Lipinski definition) is 4. The summed E-state index contributed by atoms with van der Waals surface area (Å²) in [6.45, 7) is 3.46. The fraction of sp³-hybridized carbons (Fsp3) is 0.533. The molecule has 0 bridgehead atoms. The highest BCUT2D eigenvalue weighted by atomic mass is 32.1. The van der Waals surface area contributed by atoms with Gasteiger partial charge in [0.25, 0.3) is 0 Å². The van der Waals surface area contributed by atoms with E-state index in [1.165, 1.54) is 6.92 Å². The van der Waals surface area contributed by atoms with Crippen LogP contribution >= 0.6 is 12.2 Å². The first kappa shape index (κ1) is 19.5. The number of ketones is 1. The molecule has 0 heterocycles. The molecule has 21 heavy (non-hydrogen) atoms. The molecular weight excluding hydrogens is 290 g/mol. The molecule has 0 radical (unpaired) electrons. The van der Waals surface area contributed by atoms with E-state index in [1.54, 1.807) is 19.1 Å². The molecular formula is C15H23NO4S. The summed E-state index contributed by atoms with van der Waals surface area (Å²) in [5.74, 6) is -1.22. The quantitative estimate of drug-likeness (QED) is 0.248. The number of thiocarbonyl (C=S) groups is 1. The van der Waals surface area contributed by atoms with Gasteiger partial charge in [-0.1, -0.05) is 18.2 Å². The number of rotatable bonds is 10. The number of aliphatic hydroxyl groups excluding tert-OH is 2. The van der Waals surface area contributed by atoms with Crippen LogP contribution in [0.25, 0.3) is 0 Å². The van der Waals surface area contributed by atoms with Gasteiger partial charge in [0.2, 0.25) is 5.91 Å². The van der Waals surface area contributed by atoms with E-state index < -0.39 is 5.92 Å². The van der Waals surface area contributed by atoms with E-state index in [4.69, 9.17) is 17.3 Å². The SMILES string of the molecule is CC(=O)NCCC(C(=O)/C(C)=C/C=C/CCCO)C(O)=S. The Kier molecular flexibility index (Phi) is 10.4. The Morgan fingerprint density at radius 3 is 2.52 bits per heavy atom. The van der Waals surface area contributed by atoms with E-state index in [9.17, 15) is 14.7 Å². The summed E-state index contributed by atoms with van der Waals surface area (Å²) < 4.78 is 0. The molecule has 1 unspecified atom stereocenters. The Morgan fingerprint density at radius 1 is 1.33 bits per heavy atom. The van der Waals surface area contributed by atoms with E-state index in [0.29, 0.717) is 12.0 Å². The fourth-order valence-corrected chi connectivity index (χ4v) is 1.86. The minimum atomic E-state index is -0.783. The molecule has 0 aliphatic rings. The maximum Gasteiger partial charge on any atom is 0.216 e. The van der Waals surface area contributed by atoms with Crippen molar-refractivity contribution in [1.29, 1.82) is 0 Å². The van der Waals surface area contributed by atoms with Crippen molar-refractivity contribution < 1.29 is 19.8 Å². The molecule has 0 saturated carbocycles. The van der Waals surface area contributed by atoms with Gasteiger partial charge in [-0.25, -0.2) is 0 Å². The molecule has 0 aromatic rings. The lowest BCUT2D eigenvalue weighted by molar-refractivity contribution is -0.120. The van der Waals surface area contributed by atoms with Crippen LogP contribution in [0, 0.1) is 5.92 Å². The Hall–Kier alpha value is -1.53. The Morgan fingerprint density at radius 2 is 2.00 bits per heavy atom. The van der Waals surface area contributed by atoms with Gasteiger partial charge in [-0.3, -0.25) is 9.59 Å². The zero-order chi connectivity index (χ0) is 16.3. The van der Waals surface area contributed by atoms with Gasteiger partial charge in [0.05, 0.1) is 5.92 Å². The first-order valence-corrected chi connectivity index (χ1v) is 7.26. The third-order valence-electron chi connectivity index (χ3n) is 2.82. The highest BCUT2D eigenvalue weighted by molar-refractivity contribution is 7.80. The topological polar surface area (TPSA) is 86.6 Å². The van der Waals surface area contributed by atoms with E-state index in [0.717, 1.165) is 6.42 Å². The number of carbonyl (C=O) groups excluding carboxylic acids is 2. The standard InChI is InChI=1S/C15H23NO4S/c1-11(7-5-3-4-6-10-17)14(19)13(15(20)21)8-9-16-12(2)18/h3,5,7,13,17H,4,6,8-10H2,1-2H3,(H,16,18)(H,20,21)/b5-3+,11-7+. The van der Waals surface area contributed by atoms with E-state index >= 15 is 0 Å². The third kappa shape index (κ3) is 9.10. The molecule has 0 aromatic heterocycles. The van der Waals surface area contributed by atoms with Crippen molar-refractivity contribution in [2.24, 2.45) is 5.92 Å². The van der Waals surface area contributed by atoms with Gasteiger partial charge in [0.1, 0.15) is 0 Å². The number of unbranched alkanes of at least 4 members (excludes halogenated alkanes) is 1. The van der Waals surface area contributed by atoms with Crippen LogP contribution in [0.4, 0.5) is 0 Å². The highest BCUT2D eigenvalue weighted by Crippen LogP contribution is 2.12. The predicted molar refractivity (Wildman–Crippen MR) is 86.2 cm³/mol. The minimum absolute atomic E-state index is 0.135. The van der Waals surface area contributed by atoms with Crippen LogP contribution in [0.1, 0.15) is 33.1 Å². The van der Waals surface area contributed by atoms with Gasteiger partial charge >= 0.3 is 0 Å². The third-order valence-corrected chi connectivity index (χ3v) is 3.11. The Labute approximate surface area is 130 Å². The highest BCUT2D eigenvalue weighted by Gasteiger charge is 2.23. The molecule has 5 nitrogen and oxygen atoms in total. The summed E-state index contributed by atoms with van der Waals surface area (Å²) >= 11 is 4.71. The first-order chi connectivity index (χ1) is 9.90. The number of aliphatic hydroxyl groups is 2. The number of Topliss-reactive ketones (excluding diaryl/α,β-unsaturated/α-hetero) is 1. The predicted octanol–water partition coefficient (Wildman–Crippen LogP) is 1.86. The number of carbonyl (C=O) groups is 2. The van der Waals surface area contributed by atoms with Crippen molar-refractivity contribution in [3.63, 3.8) is 0 Å². The molecule has 0 saturated heterocycles. The van der Waals surface area contributed by atoms with Gasteiger partial charge in [-0.05, 0) is 44.0 Å². The molecule has 0 rings (SSSR count). The van der Waals surface area contributed by atoms with Crippen molar-refractivity contribution >= 4 is 29.0 Å². The van der Waals surface area contributed by atoms with Crippen LogP contribution in [0.5, 0.6) is 0 Å². The largest absolute Gasteiger partial charge is 0.501 e. The average Bonchev–Trinajstić information content (AvgIpc) is 2.41. The number of hydrogen-bond donors (Lipinski definition) is 3. The molecule has 0 spiro atoms. The molecule has 0 fully saturated rings. The van der Waals surface area contributed by atoms with Crippen molar-refractivity contribution in [3.8, 4) is 0 Å². The van der Waals surface area contributed by atoms with Crippen LogP contribution in [-0.4, -0.2) is 40.1 Å².